The molecule has 2 aromatic rings. The largest absolute Gasteiger partial charge is 0.491 e. The van der Waals surface area contributed by atoms with Gasteiger partial charge in [0.2, 0.25) is 0 Å². The third-order valence-electron chi connectivity index (χ3n) is 3.63. The van der Waals surface area contributed by atoms with Crippen molar-refractivity contribution in [2.75, 3.05) is 6.61 Å². The Morgan fingerprint density at radius 2 is 1.88 bits per heavy atom. The molecule has 2 aromatic carbocycles. The van der Waals surface area contributed by atoms with Crippen molar-refractivity contribution < 1.29 is 9.53 Å². The van der Waals surface area contributed by atoms with Gasteiger partial charge in [-0.3, -0.25) is 4.79 Å². The summed E-state index contributed by atoms with van der Waals surface area (Å²) in [7, 11) is 0. The molecule has 0 saturated heterocycles. The lowest BCUT2D eigenvalue weighted by atomic mass is 10.1. The Balaban J connectivity index is 2.22. The molecule has 0 heterocycles. The van der Waals surface area contributed by atoms with Gasteiger partial charge in [0, 0.05) is 0 Å². The van der Waals surface area contributed by atoms with Crippen molar-refractivity contribution in [3.8, 4) is 11.8 Å². The number of nitrogens with one attached hydrogen (secondary N) is 1. The van der Waals surface area contributed by atoms with E-state index in [0.717, 1.165) is 5.56 Å². The zero-order valence-electron chi connectivity index (χ0n) is 14.4. The molecule has 0 spiro atoms. The third kappa shape index (κ3) is 5.01. The lowest BCUT2D eigenvalue weighted by Crippen LogP contribution is -2.27. The summed E-state index contributed by atoms with van der Waals surface area (Å²) in [5.74, 6) is -0.0846. The maximum atomic E-state index is 12.4. The minimum absolute atomic E-state index is 0.0379. The third-order valence-corrected chi connectivity index (χ3v) is 4.19. The van der Waals surface area contributed by atoms with Crippen LogP contribution < -0.4 is 10.1 Å². The number of rotatable bonds is 6. The van der Waals surface area contributed by atoms with Gasteiger partial charge >= 0.3 is 0 Å². The van der Waals surface area contributed by atoms with Gasteiger partial charge in [0.15, 0.2) is 5.75 Å². The van der Waals surface area contributed by atoms with Gasteiger partial charge in [0.1, 0.15) is 11.6 Å². The first-order valence-corrected chi connectivity index (χ1v) is 8.81. The summed E-state index contributed by atoms with van der Waals surface area (Å²) < 4.78 is 5.37. The van der Waals surface area contributed by atoms with Crippen LogP contribution >= 0.6 is 23.2 Å². The molecule has 0 unspecified atom stereocenters. The van der Waals surface area contributed by atoms with E-state index in [1.165, 1.54) is 6.08 Å². The van der Waals surface area contributed by atoms with Gasteiger partial charge in [-0.15, -0.1) is 0 Å². The molecular formula is C20H18Cl2N2O2. The fourth-order valence-electron chi connectivity index (χ4n) is 2.36. The molecule has 1 atom stereocenters. The molecule has 26 heavy (non-hydrogen) atoms. The van der Waals surface area contributed by atoms with E-state index in [9.17, 15) is 10.1 Å². The van der Waals surface area contributed by atoms with Gasteiger partial charge in [-0.2, -0.15) is 5.26 Å². The average Bonchev–Trinajstić information content (AvgIpc) is 2.63. The first-order chi connectivity index (χ1) is 12.5. The number of hydrogen-bond donors (Lipinski definition) is 1. The highest BCUT2D eigenvalue weighted by molar-refractivity contribution is 6.37. The standard InChI is InChI=1S/C20H18Cl2N2O2/c1-3-26-19-17(21)10-14(11-18(19)22)9-16(12-23)20(25)24-13(2)15-7-5-4-6-8-15/h4-11,13H,3H2,1-2H3,(H,24,25)/b16-9-/t13-/m1/s1. The van der Waals surface area contributed by atoms with E-state index in [1.807, 2.05) is 50.2 Å². The van der Waals surface area contributed by atoms with E-state index in [4.69, 9.17) is 27.9 Å². The fraction of sp³-hybridized carbons (Fsp3) is 0.200. The molecule has 4 nitrogen and oxygen atoms in total. The second-order valence-electron chi connectivity index (χ2n) is 5.52. The zero-order valence-corrected chi connectivity index (χ0v) is 15.9. The van der Waals surface area contributed by atoms with Crippen molar-refractivity contribution in [3.63, 3.8) is 0 Å². The van der Waals surface area contributed by atoms with E-state index < -0.39 is 5.91 Å². The van der Waals surface area contributed by atoms with Crippen LogP contribution in [-0.4, -0.2) is 12.5 Å². The minimum Gasteiger partial charge on any atom is -0.491 e. The van der Waals surface area contributed by atoms with Crippen LogP contribution in [0.2, 0.25) is 10.0 Å². The van der Waals surface area contributed by atoms with Crippen molar-refractivity contribution in [3.05, 3.63) is 69.2 Å². The van der Waals surface area contributed by atoms with Crippen molar-refractivity contribution in [2.24, 2.45) is 0 Å². The molecule has 0 bridgehead atoms. The number of nitrogens with zero attached hydrogens (tertiary/aromatic N) is 1. The van der Waals surface area contributed by atoms with Gasteiger partial charge in [-0.25, -0.2) is 0 Å². The second kappa shape index (κ2) is 9.28. The molecule has 0 radical (unpaired) electrons. The van der Waals surface area contributed by atoms with E-state index in [2.05, 4.69) is 5.32 Å². The summed E-state index contributed by atoms with van der Waals surface area (Å²) in [6.45, 7) is 4.11. The summed E-state index contributed by atoms with van der Waals surface area (Å²) in [5.41, 5.74) is 1.46. The molecule has 0 aliphatic rings. The Morgan fingerprint density at radius 3 is 2.42 bits per heavy atom. The summed E-state index contributed by atoms with van der Waals surface area (Å²) in [6, 6.07) is 14.4. The average molecular weight is 389 g/mol. The lowest BCUT2D eigenvalue weighted by Gasteiger charge is -2.14. The quantitative estimate of drug-likeness (QED) is 0.547. The number of hydrogen-bond acceptors (Lipinski definition) is 3. The van der Waals surface area contributed by atoms with Crippen LogP contribution in [0.4, 0.5) is 0 Å². The first-order valence-electron chi connectivity index (χ1n) is 8.05. The molecular weight excluding hydrogens is 371 g/mol. The number of benzene rings is 2. The maximum Gasteiger partial charge on any atom is 0.262 e. The van der Waals surface area contributed by atoms with E-state index >= 15 is 0 Å². The Hall–Kier alpha value is -2.48. The molecule has 2 rings (SSSR count). The van der Waals surface area contributed by atoms with Crippen LogP contribution in [0.3, 0.4) is 0 Å². The summed E-state index contributed by atoms with van der Waals surface area (Å²) >= 11 is 12.3. The van der Waals surface area contributed by atoms with Crippen LogP contribution in [0.25, 0.3) is 6.08 Å². The summed E-state index contributed by atoms with van der Waals surface area (Å²) in [4.78, 5) is 12.4. The Kier molecular flexibility index (Phi) is 7.08. The second-order valence-corrected chi connectivity index (χ2v) is 6.34. The molecule has 1 amide bonds. The number of nitriles is 1. The number of amides is 1. The smallest absolute Gasteiger partial charge is 0.262 e. The Morgan fingerprint density at radius 1 is 1.27 bits per heavy atom. The minimum atomic E-state index is -0.468. The van der Waals surface area contributed by atoms with Crippen molar-refractivity contribution in [2.45, 2.75) is 19.9 Å². The molecule has 0 fully saturated rings. The van der Waals surface area contributed by atoms with Gasteiger partial charge in [-0.1, -0.05) is 53.5 Å². The van der Waals surface area contributed by atoms with Crippen LogP contribution in [0, 0.1) is 11.3 Å². The number of carbonyl (C=O) groups excluding carboxylic acids is 1. The molecule has 0 aliphatic carbocycles. The molecule has 1 N–H and O–H groups in total. The lowest BCUT2D eigenvalue weighted by molar-refractivity contribution is -0.117. The fourth-order valence-corrected chi connectivity index (χ4v) is 2.97. The van der Waals surface area contributed by atoms with Gasteiger partial charge in [-0.05, 0) is 43.2 Å². The van der Waals surface area contributed by atoms with Crippen LogP contribution in [0.5, 0.6) is 5.75 Å². The Labute approximate surface area is 163 Å². The SMILES string of the molecule is CCOc1c(Cl)cc(/C=C(/C#N)C(=O)N[C@H](C)c2ccccc2)cc1Cl. The molecule has 134 valence electrons. The molecule has 0 aliphatic heterocycles. The zero-order chi connectivity index (χ0) is 19.1. The normalized spacial score (nSPS) is 12.2. The highest BCUT2D eigenvalue weighted by atomic mass is 35.5. The number of ether oxygens (including phenoxy) is 1. The number of carbonyl (C=O) groups is 1. The summed E-state index contributed by atoms with van der Waals surface area (Å²) in [5, 5.41) is 12.8. The van der Waals surface area contributed by atoms with Gasteiger partial charge in [0.05, 0.1) is 22.7 Å². The van der Waals surface area contributed by atoms with E-state index in [-0.39, 0.29) is 11.6 Å². The predicted molar refractivity (Wildman–Crippen MR) is 104 cm³/mol. The van der Waals surface area contributed by atoms with E-state index in [0.29, 0.717) is 28.0 Å². The highest BCUT2D eigenvalue weighted by Crippen LogP contribution is 2.34. The molecule has 0 saturated carbocycles. The van der Waals surface area contributed by atoms with Crippen LogP contribution in [0.15, 0.2) is 48.0 Å². The van der Waals surface area contributed by atoms with Gasteiger partial charge in [0.25, 0.3) is 5.91 Å². The van der Waals surface area contributed by atoms with Crippen LogP contribution in [-0.2, 0) is 4.79 Å². The topological polar surface area (TPSA) is 62.1 Å². The van der Waals surface area contributed by atoms with Crippen LogP contribution in [0.1, 0.15) is 31.0 Å². The van der Waals surface area contributed by atoms with Crippen molar-refractivity contribution in [1.82, 2.24) is 5.32 Å². The molecule has 6 heteroatoms. The molecule has 0 aromatic heterocycles. The maximum absolute atomic E-state index is 12.4. The van der Waals surface area contributed by atoms with Crippen molar-refractivity contribution >= 4 is 35.2 Å². The monoisotopic (exact) mass is 388 g/mol. The van der Waals surface area contributed by atoms with E-state index in [1.54, 1.807) is 12.1 Å². The Bertz CT molecular complexity index is 835. The first kappa shape index (κ1) is 19.8. The summed E-state index contributed by atoms with van der Waals surface area (Å²) in [6.07, 6.45) is 1.44. The van der Waals surface area contributed by atoms with Crippen molar-refractivity contribution in [1.29, 1.82) is 5.26 Å². The number of halogens is 2. The predicted octanol–water partition coefficient (Wildman–Crippen LogP) is 5.18. The highest BCUT2D eigenvalue weighted by Gasteiger charge is 2.15. The van der Waals surface area contributed by atoms with Gasteiger partial charge < -0.3 is 10.1 Å².